The third kappa shape index (κ3) is 2.31. The Morgan fingerprint density at radius 3 is 2.32 bits per heavy atom. The highest BCUT2D eigenvalue weighted by Crippen LogP contribution is 2.38. The van der Waals surface area contributed by atoms with Crippen molar-refractivity contribution in [3.05, 3.63) is 71.3 Å². The number of benzene rings is 2. The molecule has 0 bridgehead atoms. The van der Waals surface area contributed by atoms with Crippen LogP contribution >= 0.6 is 0 Å². The zero-order chi connectivity index (χ0) is 13.2. The van der Waals surface area contributed by atoms with Gasteiger partial charge < -0.3 is 4.90 Å². The maximum Gasteiger partial charge on any atom is 0.0248 e. The normalized spacial score (nSPS) is 22.3. The third-order valence-corrected chi connectivity index (χ3v) is 4.31. The molecule has 0 amide bonds. The minimum Gasteiger partial charge on any atom is -0.305 e. The van der Waals surface area contributed by atoms with E-state index in [0.29, 0.717) is 12.0 Å². The maximum absolute atomic E-state index is 2.38. The van der Waals surface area contributed by atoms with Crippen LogP contribution in [0.5, 0.6) is 0 Å². The fourth-order valence-corrected chi connectivity index (χ4v) is 3.36. The standard InChI is InChI=1S/C18H21N/c1-19(2)17-13-12-14-8-6-7-11-16(14)18(17)15-9-4-3-5-10-15/h3-11,17-18H,12-13H2,1-2H3/t17?,18-/m1/s1. The first-order valence-electron chi connectivity index (χ1n) is 7.06. The average Bonchev–Trinajstić information content (AvgIpc) is 2.46. The molecule has 1 nitrogen and oxygen atoms in total. The first kappa shape index (κ1) is 12.4. The van der Waals surface area contributed by atoms with Crippen LogP contribution in [-0.4, -0.2) is 25.0 Å². The molecule has 3 rings (SSSR count). The molecule has 1 aliphatic carbocycles. The second kappa shape index (κ2) is 5.18. The lowest BCUT2D eigenvalue weighted by atomic mass is 9.75. The van der Waals surface area contributed by atoms with Crippen molar-refractivity contribution in [2.45, 2.75) is 24.8 Å². The molecule has 0 heterocycles. The zero-order valence-corrected chi connectivity index (χ0v) is 11.7. The highest BCUT2D eigenvalue weighted by Gasteiger charge is 2.31. The van der Waals surface area contributed by atoms with Crippen LogP contribution in [0.15, 0.2) is 54.6 Å². The van der Waals surface area contributed by atoms with Gasteiger partial charge in [-0.2, -0.15) is 0 Å². The summed E-state index contributed by atoms with van der Waals surface area (Å²) in [5.74, 6) is 0.501. The molecule has 0 spiro atoms. The van der Waals surface area contributed by atoms with Crippen molar-refractivity contribution in [3.8, 4) is 0 Å². The molecule has 0 saturated heterocycles. The van der Waals surface area contributed by atoms with E-state index in [-0.39, 0.29) is 0 Å². The molecular weight excluding hydrogens is 230 g/mol. The lowest BCUT2D eigenvalue weighted by Gasteiger charge is -2.38. The summed E-state index contributed by atoms with van der Waals surface area (Å²) in [6.07, 6.45) is 2.44. The largest absolute Gasteiger partial charge is 0.305 e. The number of hydrogen-bond donors (Lipinski definition) is 0. The van der Waals surface area contributed by atoms with Crippen LogP contribution in [0.3, 0.4) is 0 Å². The van der Waals surface area contributed by atoms with Crippen LogP contribution in [0.1, 0.15) is 29.0 Å². The molecule has 0 N–H and O–H groups in total. The first-order valence-corrected chi connectivity index (χ1v) is 7.06. The smallest absolute Gasteiger partial charge is 0.0248 e. The minimum atomic E-state index is 0.501. The summed E-state index contributed by atoms with van der Waals surface area (Å²) in [5, 5.41) is 0. The van der Waals surface area contributed by atoms with Crippen molar-refractivity contribution in [2.75, 3.05) is 14.1 Å². The zero-order valence-electron chi connectivity index (χ0n) is 11.7. The van der Waals surface area contributed by atoms with Crippen molar-refractivity contribution < 1.29 is 0 Å². The van der Waals surface area contributed by atoms with Crippen LogP contribution in [0.25, 0.3) is 0 Å². The van der Waals surface area contributed by atoms with Gasteiger partial charge in [-0.05, 0) is 43.6 Å². The van der Waals surface area contributed by atoms with Crippen molar-refractivity contribution in [1.29, 1.82) is 0 Å². The number of nitrogens with zero attached hydrogens (tertiary/aromatic N) is 1. The number of likely N-dealkylation sites (N-methyl/N-ethyl adjacent to an activating group) is 1. The molecule has 1 unspecified atom stereocenters. The number of rotatable bonds is 2. The molecule has 2 aromatic carbocycles. The van der Waals surface area contributed by atoms with Crippen molar-refractivity contribution in [3.63, 3.8) is 0 Å². The molecule has 2 atom stereocenters. The summed E-state index contributed by atoms with van der Waals surface area (Å²) in [4.78, 5) is 2.38. The molecule has 2 aromatic rings. The second-order valence-electron chi connectivity index (χ2n) is 5.66. The Balaban J connectivity index is 2.10. The lowest BCUT2D eigenvalue weighted by molar-refractivity contribution is 0.245. The second-order valence-corrected chi connectivity index (χ2v) is 5.66. The van der Waals surface area contributed by atoms with Crippen LogP contribution in [-0.2, 0) is 6.42 Å². The molecule has 0 radical (unpaired) electrons. The first-order chi connectivity index (χ1) is 9.27. The third-order valence-electron chi connectivity index (χ3n) is 4.31. The Kier molecular flexibility index (Phi) is 3.39. The number of hydrogen-bond acceptors (Lipinski definition) is 1. The van der Waals surface area contributed by atoms with Gasteiger partial charge in [0.15, 0.2) is 0 Å². The summed E-state index contributed by atoms with van der Waals surface area (Å²) in [6, 6.07) is 20.5. The van der Waals surface area contributed by atoms with Gasteiger partial charge in [0.05, 0.1) is 0 Å². The Labute approximate surface area is 115 Å². The molecule has 0 aromatic heterocycles. The van der Waals surface area contributed by atoms with Gasteiger partial charge in [-0.1, -0.05) is 54.6 Å². The molecule has 19 heavy (non-hydrogen) atoms. The van der Waals surface area contributed by atoms with Gasteiger partial charge >= 0.3 is 0 Å². The van der Waals surface area contributed by atoms with E-state index in [1.165, 1.54) is 29.5 Å². The molecule has 1 aliphatic rings. The summed E-state index contributed by atoms with van der Waals surface area (Å²) in [5.41, 5.74) is 4.47. The molecule has 0 saturated carbocycles. The Bertz CT molecular complexity index is 545. The quantitative estimate of drug-likeness (QED) is 0.786. The van der Waals surface area contributed by atoms with Crippen LogP contribution in [0.2, 0.25) is 0 Å². The summed E-state index contributed by atoms with van der Waals surface area (Å²) < 4.78 is 0. The predicted molar refractivity (Wildman–Crippen MR) is 80.5 cm³/mol. The highest BCUT2D eigenvalue weighted by atomic mass is 15.1. The monoisotopic (exact) mass is 251 g/mol. The molecule has 98 valence electrons. The average molecular weight is 251 g/mol. The fraction of sp³-hybridized carbons (Fsp3) is 0.333. The Hall–Kier alpha value is -1.60. The summed E-state index contributed by atoms with van der Waals surface area (Å²) in [7, 11) is 4.41. The molecule has 1 heteroatoms. The minimum absolute atomic E-state index is 0.501. The maximum atomic E-state index is 2.38. The SMILES string of the molecule is CN(C)C1CCc2ccccc2[C@H]1c1ccccc1. The van der Waals surface area contributed by atoms with E-state index in [1.54, 1.807) is 0 Å². The van der Waals surface area contributed by atoms with E-state index in [2.05, 4.69) is 73.6 Å². The summed E-state index contributed by atoms with van der Waals surface area (Å²) >= 11 is 0. The molecule has 0 aliphatic heterocycles. The van der Waals surface area contributed by atoms with Crippen LogP contribution in [0.4, 0.5) is 0 Å². The van der Waals surface area contributed by atoms with E-state index in [1.807, 2.05) is 0 Å². The van der Waals surface area contributed by atoms with Crippen molar-refractivity contribution in [2.24, 2.45) is 0 Å². The van der Waals surface area contributed by atoms with Crippen LogP contribution < -0.4 is 0 Å². The van der Waals surface area contributed by atoms with Crippen LogP contribution in [0, 0.1) is 0 Å². The van der Waals surface area contributed by atoms with Gasteiger partial charge in [0.1, 0.15) is 0 Å². The van der Waals surface area contributed by atoms with Gasteiger partial charge in [0, 0.05) is 12.0 Å². The van der Waals surface area contributed by atoms with E-state index >= 15 is 0 Å². The Morgan fingerprint density at radius 2 is 1.58 bits per heavy atom. The topological polar surface area (TPSA) is 3.24 Å². The van der Waals surface area contributed by atoms with E-state index in [4.69, 9.17) is 0 Å². The fourth-order valence-electron chi connectivity index (χ4n) is 3.36. The summed E-state index contributed by atoms with van der Waals surface area (Å²) in [6.45, 7) is 0. The van der Waals surface area contributed by atoms with Gasteiger partial charge in [-0.15, -0.1) is 0 Å². The number of fused-ring (bicyclic) bond motifs is 1. The van der Waals surface area contributed by atoms with Crippen molar-refractivity contribution in [1.82, 2.24) is 4.90 Å². The molecular formula is C18H21N. The van der Waals surface area contributed by atoms with Gasteiger partial charge in [-0.25, -0.2) is 0 Å². The highest BCUT2D eigenvalue weighted by molar-refractivity contribution is 5.41. The van der Waals surface area contributed by atoms with Gasteiger partial charge in [0.2, 0.25) is 0 Å². The predicted octanol–water partition coefficient (Wildman–Crippen LogP) is 3.69. The van der Waals surface area contributed by atoms with Gasteiger partial charge in [-0.3, -0.25) is 0 Å². The molecule has 0 fully saturated rings. The van der Waals surface area contributed by atoms with Gasteiger partial charge in [0.25, 0.3) is 0 Å². The van der Waals surface area contributed by atoms with E-state index < -0.39 is 0 Å². The van der Waals surface area contributed by atoms with E-state index in [9.17, 15) is 0 Å². The van der Waals surface area contributed by atoms with E-state index in [0.717, 1.165) is 0 Å². The van der Waals surface area contributed by atoms with Crippen molar-refractivity contribution >= 4 is 0 Å². The lowest BCUT2D eigenvalue weighted by Crippen LogP contribution is -2.38. The number of aryl methyl sites for hydroxylation is 1. The Morgan fingerprint density at radius 1 is 0.895 bits per heavy atom.